The molecule has 0 saturated heterocycles. The van der Waals surface area contributed by atoms with Crippen molar-refractivity contribution in [3.63, 3.8) is 0 Å². The molecule has 0 radical (unpaired) electrons. The molecule has 2 aromatic rings. The summed E-state index contributed by atoms with van der Waals surface area (Å²) in [6, 6.07) is 6.42. The maximum Gasteiger partial charge on any atom is 0.147 e. The summed E-state index contributed by atoms with van der Waals surface area (Å²) < 4.78 is 0. The van der Waals surface area contributed by atoms with Gasteiger partial charge in [0.2, 0.25) is 0 Å². The van der Waals surface area contributed by atoms with Crippen LogP contribution in [0.25, 0.3) is 10.6 Å². The molecule has 0 unspecified atom stereocenters. The molecule has 3 nitrogen and oxygen atoms in total. The van der Waals surface area contributed by atoms with E-state index >= 15 is 0 Å². The zero-order valence-corrected chi connectivity index (χ0v) is 11.3. The predicted molar refractivity (Wildman–Crippen MR) is 72.2 cm³/mol. The van der Waals surface area contributed by atoms with E-state index in [-0.39, 0.29) is 0 Å². The van der Waals surface area contributed by atoms with E-state index in [2.05, 4.69) is 54.5 Å². The van der Waals surface area contributed by atoms with Crippen LogP contribution >= 0.6 is 11.3 Å². The fraction of sp³-hybridized carbons (Fsp3) is 0.385. The third kappa shape index (κ3) is 2.90. The Bertz CT molecular complexity index is 505. The highest BCUT2D eigenvalue weighted by molar-refractivity contribution is 7.14. The van der Waals surface area contributed by atoms with Crippen molar-refractivity contribution in [2.24, 2.45) is 0 Å². The molecule has 1 aromatic carbocycles. The van der Waals surface area contributed by atoms with Crippen molar-refractivity contribution in [2.45, 2.75) is 27.3 Å². The number of nitrogens with one attached hydrogen (secondary N) is 1. The average molecular weight is 247 g/mol. The van der Waals surface area contributed by atoms with E-state index in [1.165, 1.54) is 11.1 Å². The SMILES string of the molecule is CCNCc1nnc(-c2ccc(C)c(C)c2)s1. The van der Waals surface area contributed by atoms with Gasteiger partial charge in [-0.25, -0.2) is 0 Å². The lowest BCUT2D eigenvalue weighted by atomic mass is 10.1. The molecule has 0 aliphatic heterocycles. The minimum atomic E-state index is 0.805. The van der Waals surface area contributed by atoms with Gasteiger partial charge in [0, 0.05) is 12.1 Å². The number of hydrogen-bond acceptors (Lipinski definition) is 4. The van der Waals surface area contributed by atoms with Gasteiger partial charge in [-0.3, -0.25) is 0 Å². The fourth-order valence-corrected chi connectivity index (χ4v) is 2.35. The zero-order valence-electron chi connectivity index (χ0n) is 10.4. The molecule has 4 heteroatoms. The maximum atomic E-state index is 4.24. The number of hydrogen-bond donors (Lipinski definition) is 1. The molecule has 0 saturated carbocycles. The van der Waals surface area contributed by atoms with Gasteiger partial charge in [-0.15, -0.1) is 10.2 Å². The van der Waals surface area contributed by atoms with Crippen LogP contribution in [0, 0.1) is 13.8 Å². The Morgan fingerprint density at radius 1 is 1.18 bits per heavy atom. The summed E-state index contributed by atoms with van der Waals surface area (Å²) in [5.41, 5.74) is 3.77. The van der Waals surface area contributed by atoms with Gasteiger partial charge >= 0.3 is 0 Å². The van der Waals surface area contributed by atoms with Crippen LogP contribution in [0.5, 0.6) is 0 Å². The molecule has 90 valence electrons. The van der Waals surface area contributed by atoms with Crippen LogP contribution in [0.15, 0.2) is 18.2 Å². The van der Waals surface area contributed by atoms with Crippen LogP contribution in [0.2, 0.25) is 0 Å². The molecular formula is C13H17N3S. The lowest BCUT2D eigenvalue weighted by Crippen LogP contribution is -2.11. The third-order valence-corrected chi connectivity index (χ3v) is 3.72. The first-order chi connectivity index (χ1) is 8.20. The van der Waals surface area contributed by atoms with Crippen LogP contribution < -0.4 is 5.32 Å². The first-order valence-electron chi connectivity index (χ1n) is 5.81. The third-order valence-electron chi connectivity index (χ3n) is 2.75. The largest absolute Gasteiger partial charge is 0.311 e. The Labute approximate surface area is 106 Å². The number of aromatic nitrogens is 2. The normalized spacial score (nSPS) is 10.8. The van der Waals surface area contributed by atoms with Crippen LogP contribution in [0.4, 0.5) is 0 Å². The van der Waals surface area contributed by atoms with Gasteiger partial charge in [-0.2, -0.15) is 0 Å². The Morgan fingerprint density at radius 3 is 2.71 bits per heavy atom. The van der Waals surface area contributed by atoms with Gasteiger partial charge in [0.1, 0.15) is 10.0 Å². The molecule has 0 bridgehead atoms. The highest BCUT2D eigenvalue weighted by Crippen LogP contribution is 2.25. The number of benzene rings is 1. The van der Waals surface area contributed by atoms with Gasteiger partial charge in [0.15, 0.2) is 0 Å². The Kier molecular flexibility index (Phi) is 3.86. The lowest BCUT2D eigenvalue weighted by molar-refractivity contribution is 0.715. The van der Waals surface area contributed by atoms with Crippen molar-refractivity contribution in [3.8, 4) is 10.6 Å². The molecule has 0 aliphatic carbocycles. The Morgan fingerprint density at radius 2 is 2.00 bits per heavy atom. The van der Waals surface area contributed by atoms with Crippen LogP contribution in [-0.4, -0.2) is 16.7 Å². The first kappa shape index (κ1) is 12.2. The molecule has 0 spiro atoms. The molecule has 1 heterocycles. The van der Waals surface area contributed by atoms with Gasteiger partial charge in [-0.1, -0.05) is 30.4 Å². The standard InChI is InChI=1S/C13H17N3S/c1-4-14-8-12-15-16-13(17-12)11-6-5-9(2)10(3)7-11/h5-7,14H,4,8H2,1-3H3. The summed E-state index contributed by atoms with van der Waals surface area (Å²) in [6.07, 6.45) is 0. The van der Waals surface area contributed by atoms with E-state index in [1.807, 2.05) is 0 Å². The second kappa shape index (κ2) is 5.38. The molecule has 2 rings (SSSR count). The number of aryl methyl sites for hydroxylation is 2. The smallest absolute Gasteiger partial charge is 0.147 e. The molecule has 0 atom stereocenters. The second-order valence-corrected chi connectivity index (χ2v) is 5.14. The fourth-order valence-electron chi connectivity index (χ4n) is 1.55. The van der Waals surface area contributed by atoms with Crippen LogP contribution in [0.1, 0.15) is 23.1 Å². The quantitative estimate of drug-likeness (QED) is 0.902. The van der Waals surface area contributed by atoms with Crippen LogP contribution in [0.3, 0.4) is 0 Å². The van der Waals surface area contributed by atoms with E-state index in [1.54, 1.807) is 11.3 Å². The van der Waals surface area contributed by atoms with Gasteiger partial charge in [0.05, 0.1) is 0 Å². The van der Waals surface area contributed by atoms with E-state index in [0.717, 1.165) is 28.7 Å². The topological polar surface area (TPSA) is 37.8 Å². The van der Waals surface area contributed by atoms with E-state index in [0.29, 0.717) is 0 Å². The summed E-state index contributed by atoms with van der Waals surface area (Å²) in [4.78, 5) is 0. The number of rotatable bonds is 4. The molecule has 17 heavy (non-hydrogen) atoms. The first-order valence-corrected chi connectivity index (χ1v) is 6.63. The molecular weight excluding hydrogens is 230 g/mol. The van der Waals surface area contributed by atoms with Crippen LogP contribution in [-0.2, 0) is 6.54 Å². The zero-order chi connectivity index (χ0) is 12.3. The van der Waals surface area contributed by atoms with E-state index < -0.39 is 0 Å². The Balaban J connectivity index is 2.21. The van der Waals surface area contributed by atoms with Gasteiger partial charge < -0.3 is 5.32 Å². The van der Waals surface area contributed by atoms with Crippen molar-refractivity contribution in [1.29, 1.82) is 0 Å². The molecule has 0 amide bonds. The monoisotopic (exact) mass is 247 g/mol. The van der Waals surface area contributed by atoms with E-state index in [9.17, 15) is 0 Å². The highest BCUT2D eigenvalue weighted by Gasteiger charge is 2.06. The highest BCUT2D eigenvalue weighted by atomic mass is 32.1. The summed E-state index contributed by atoms with van der Waals surface area (Å²) in [5.74, 6) is 0. The van der Waals surface area contributed by atoms with Crippen molar-refractivity contribution in [3.05, 3.63) is 34.3 Å². The lowest BCUT2D eigenvalue weighted by Gasteiger charge is -2.01. The van der Waals surface area contributed by atoms with Crippen molar-refractivity contribution >= 4 is 11.3 Å². The van der Waals surface area contributed by atoms with Crippen molar-refractivity contribution in [1.82, 2.24) is 15.5 Å². The van der Waals surface area contributed by atoms with Crippen molar-refractivity contribution < 1.29 is 0 Å². The molecule has 1 aromatic heterocycles. The summed E-state index contributed by atoms with van der Waals surface area (Å²) in [7, 11) is 0. The minimum Gasteiger partial charge on any atom is -0.311 e. The number of nitrogens with zero attached hydrogens (tertiary/aromatic N) is 2. The summed E-state index contributed by atoms with van der Waals surface area (Å²) in [5, 5.41) is 13.7. The van der Waals surface area contributed by atoms with Gasteiger partial charge in [-0.05, 0) is 37.6 Å². The van der Waals surface area contributed by atoms with Crippen molar-refractivity contribution in [2.75, 3.05) is 6.54 Å². The average Bonchev–Trinajstić information content (AvgIpc) is 2.79. The van der Waals surface area contributed by atoms with Gasteiger partial charge in [0.25, 0.3) is 0 Å². The molecule has 0 fully saturated rings. The predicted octanol–water partition coefficient (Wildman–Crippen LogP) is 2.93. The summed E-state index contributed by atoms with van der Waals surface area (Å²) in [6.45, 7) is 8.10. The Hall–Kier alpha value is -1.26. The molecule has 0 aliphatic rings. The molecule has 1 N–H and O–H groups in total. The van der Waals surface area contributed by atoms with E-state index in [4.69, 9.17) is 0 Å². The summed E-state index contributed by atoms with van der Waals surface area (Å²) >= 11 is 1.66. The second-order valence-electron chi connectivity index (χ2n) is 4.08. The maximum absolute atomic E-state index is 4.24. The minimum absolute atomic E-state index is 0.805.